The van der Waals surface area contributed by atoms with Crippen LogP contribution in [0.2, 0.25) is 0 Å². The summed E-state index contributed by atoms with van der Waals surface area (Å²) < 4.78 is 0. The van der Waals surface area contributed by atoms with Gasteiger partial charge in [0.05, 0.1) is 0 Å². The van der Waals surface area contributed by atoms with Gasteiger partial charge in [-0.3, -0.25) is 4.90 Å². The summed E-state index contributed by atoms with van der Waals surface area (Å²) in [7, 11) is 2.26. The van der Waals surface area contributed by atoms with Gasteiger partial charge in [-0.25, -0.2) is 0 Å². The van der Waals surface area contributed by atoms with Gasteiger partial charge in [-0.15, -0.1) is 0 Å². The Balaban J connectivity index is 1.49. The van der Waals surface area contributed by atoms with Crippen molar-refractivity contribution in [2.75, 3.05) is 7.05 Å². The van der Waals surface area contributed by atoms with Crippen LogP contribution in [0.15, 0.2) is 24.3 Å². The zero-order chi connectivity index (χ0) is 13.2. The Morgan fingerprint density at radius 1 is 1.11 bits per heavy atom. The predicted octanol–water partition coefficient (Wildman–Crippen LogP) is 3.17. The van der Waals surface area contributed by atoms with Gasteiger partial charge in [0.25, 0.3) is 0 Å². The number of benzene rings is 1. The highest BCUT2D eigenvalue weighted by atomic mass is 15.1. The zero-order valence-corrected chi connectivity index (χ0v) is 12.2. The first-order chi connectivity index (χ1) is 9.22. The number of hydrogen-bond acceptors (Lipinski definition) is 2. The van der Waals surface area contributed by atoms with Crippen LogP contribution in [0.25, 0.3) is 0 Å². The first-order valence-electron chi connectivity index (χ1n) is 7.74. The van der Waals surface area contributed by atoms with Gasteiger partial charge in [0.15, 0.2) is 0 Å². The second-order valence-electron chi connectivity index (χ2n) is 6.46. The smallest absolute Gasteiger partial charge is 0.0233 e. The minimum absolute atomic E-state index is 0.733. The third-order valence-corrected chi connectivity index (χ3v) is 4.63. The summed E-state index contributed by atoms with van der Waals surface area (Å²) in [4.78, 5) is 2.50. The molecular weight excluding hydrogens is 232 g/mol. The van der Waals surface area contributed by atoms with E-state index in [0.717, 1.165) is 31.1 Å². The molecule has 0 radical (unpaired) electrons. The van der Waals surface area contributed by atoms with Gasteiger partial charge in [-0.05, 0) is 56.7 Å². The third-order valence-electron chi connectivity index (χ3n) is 4.63. The lowest BCUT2D eigenvalue weighted by Crippen LogP contribution is -2.30. The maximum absolute atomic E-state index is 3.56. The van der Waals surface area contributed by atoms with Crippen LogP contribution in [-0.2, 0) is 13.1 Å². The largest absolute Gasteiger partial charge is 0.310 e. The second kappa shape index (κ2) is 5.64. The average Bonchev–Trinajstić information content (AvgIpc) is 3.30. The van der Waals surface area contributed by atoms with Crippen molar-refractivity contribution < 1.29 is 0 Å². The highest BCUT2D eigenvalue weighted by Gasteiger charge is 2.30. The minimum Gasteiger partial charge on any atom is -0.310 e. The van der Waals surface area contributed by atoms with Gasteiger partial charge < -0.3 is 5.32 Å². The molecule has 2 heteroatoms. The molecule has 104 valence electrons. The molecule has 2 fully saturated rings. The van der Waals surface area contributed by atoms with E-state index in [9.17, 15) is 0 Å². The molecule has 1 unspecified atom stereocenters. The molecule has 2 nitrogen and oxygen atoms in total. The molecule has 0 heterocycles. The van der Waals surface area contributed by atoms with E-state index in [2.05, 4.69) is 48.5 Å². The number of rotatable bonds is 7. The lowest BCUT2D eigenvalue weighted by atomic mass is 10.1. The molecule has 2 aliphatic rings. The van der Waals surface area contributed by atoms with Crippen molar-refractivity contribution >= 4 is 0 Å². The first kappa shape index (κ1) is 13.1. The Morgan fingerprint density at radius 2 is 1.74 bits per heavy atom. The molecule has 1 aromatic rings. The fourth-order valence-corrected chi connectivity index (χ4v) is 2.68. The van der Waals surface area contributed by atoms with E-state index in [1.165, 1.54) is 36.8 Å². The van der Waals surface area contributed by atoms with E-state index in [1.54, 1.807) is 0 Å². The van der Waals surface area contributed by atoms with Gasteiger partial charge in [-0.1, -0.05) is 24.3 Å². The molecule has 1 atom stereocenters. The van der Waals surface area contributed by atoms with Crippen molar-refractivity contribution in [3.05, 3.63) is 35.4 Å². The van der Waals surface area contributed by atoms with E-state index in [0.29, 0.717) is 0 Å². The molecule has 0 spiro atoms. The number of nitrogens with zero attached hydrogens (tertiary/aromatic N) is 1. The maximum Gasteiger partial charge on any atom is 0.0233 e. The monoisotopic (exact) mass is 258 g/mol. The van der Waals surface area contributed by atoms with Crippen molar-refractivity contribution in [3.63, 3.8) is 0 Å². The molecular formula is C17H26N2. The lowest BCUT2D eigenvalue weighted by molar-refractivity contribution is 0.226. The molecule has 0 aliphatic heterocycles. The van der Waals surface area contributed by atoms with Crippen LogP contribution in [0.5, 0.6) is 0 Å². The quantitative estimate of drug-likeness (QED) is 0.808. The summed E-state index contributed by atoms with van der Waals surface area (Å²) in [5.74, 6) is 0.951. The van der Waals surface area contributed by atoms with E-state index in [4.69, 9.17) is 0 Å². The van der Waals surface area contributed by atoms with Crippen LogP contribution in [-0.4, -0.2) is 24.0 Å². The van der Waals surface area contributed by atoms with E-state index in [-0.39, 0.29) is 0 Å². The van der Waals surface area contributed by atoms with Crippen LogP contribution in [0.4, 0.5) is 0 Å². The summed E-state index contributed by atoms with van der Waals surface area (Å²) in [5.41, 5.74) is 2.85. The Kier molecular flexibility index (Phi) is 3.90. The van der Waals surface area contributed by atoms with Gasteiger partial charge in [0.1, 0.15) is 0 Å². The molecule has 0 aromatic heterocycles. The van der Waals surface area contributed by atoms with Crippen molar-refractivity contribution in [2.24, 2.45) is 5.92 Å². The average molecular weight is 258 g/mol. The minimum atomic E-state index is 0.733. The van der Waals surface area contributed by atoms with Crippen LogP contribution >= 0.6 is 0 Å². The molecule has 3 rings (SSSR count). The molecule has 2 saturated carbocycles. The summed E-state index contributed by atoms with van der Waals surface area (Å²) in [6.45, 7) is 4.47. The van der Waals surface area contributed by atoms with E-state index in [1.807, 2.05) is 0 Å². The summed E-state index contributed by atoms with van der Waals surface area (Å²) >= 11 is 0. The SMILES string of the molecule is CC(C1CC1)N(C)Cc1ccc(CNC2CC2)cc1. The summed E-state index contributed by atoms with van der Waals surface area (Å²) in [5, 5.41) is 3.56. The molecule has 0 bridgehead atoms. The molecule has 0 saturated heterocycles. The third kappa shape index (κ3) is 3.80. The predicted molar refractivity (Wildman–Crippen MR) is 80.0 cm³/mol. The second-order valence-corrected chi connectivity index (χ2v) is 6.46. The fourth-order valence-electron chi connectivity index (χ4n) is 2.68. The van der Waals surface area contributed by atoms with Gasteiger partial charge >= 0.3 is 0 Å². The maximum atomic E-state index is 3.56. The molecule has 0 amide bonds. The van der Waals surface area contributed by atoms with Crippen molar-refractivity contribution in [3.8, 4) is 0 Å². The Hall–Kier alpha value is -0.860. The van der Waals surface area contributed by atoms with Crippen molar-refractivity contribution in [1.82, 2.24) is 10.2 Å². The summed E-state index contributed by atoms with van der Waals surface area (Å²) in [6.07, 6.45) is 5.58. The van der Waals surface area contributed by atoms with Crippen LogP contribution in [0.1, 0.15) is 43.7 Å². The van der Waals surface area contributed by atoms with Crippen LogP contribution in [0, 0.1) is 5.92 Å². The standard InChI is InChI=1S/C17H26N2/c1-13(16-7-8-16)19(2)12-15-5-3-14(4-6-15)11-18-17-9-10-17/h3-6,13,16-18H,7-12H2,1-2H3. The Labute approximate surface area is 117 Å². The normalized spacial score (nSPS) is 20.8. The van der Waals surface area contributed by atoms with E-state index < -0.39 is 0 Å². The molecule has 1 N–H and O–H groups in total. The lowest BCUT2D eigenvalue weighted by Gasteiger charge is -2.24. The van der Waals surface area contributed by atoms with Crippen molar-refractivity contribution in [2.45, 2.75) is 57.8 Å². The zero-order valence-electron chi connectivity index (χ0n) is 12.2. The highest BCUT2D eigenvalue weighted by molar-refractivity contribution is 5.22. The van der Waals surface area contributed by atoms with Crippen molar-refractivity contribution in [1.29, 1.82) is 0 Å². The Morgan fingerprint density at radius 3 is 2.32 bits per heavy atom. The molecule has 19 heavy (non-hydrogen) atoms. The first-order valence-corrected chi connectivity index (χ1v) is 7.74. The van der Waals surface area contributed by atoms with Crippen LogP contribution in [0.3, 0.4) is 0 Å². The fraction of sp³-hybridized carbons (Fsp3) is 0.647. The molecule has 1 aromatic carbocycles. The van der Waals surface area contributed by atoms with Gasteiger partial charge in [0, 0.05) is 25.2 Å². The summed E-state index contributed by atoms with van der Waals surface area (Å²) in [6, 6.07) is 10.7. The van der Waals surface area contributed by atoms with Crippen LogP contribution < -0.4 is 5.32 Å². The van der Waals surface area contributed by atoms with Gasteiger partial charge in [-0.2, -0.15) is 0 Å². The number of nitrogens with one attached hydrogen (secondary N) is 1. The van der Waals surface area contributed by atoms with Gasteiger partial charge in [0.2, 0.25) is 0 Å². The highest BCUT2D eigenvalue weighted by Crippen LogP contribution is 2.35. The molecule has 2 aliphatic carbocycles. The topological polar surface area (TPSA) is 15.3 Å². The van der Waals surface area contributed by atoms with E-state index >= 15 is 0 Å². The number of hydrogen-bond donors (Lipinski definition) is 1. The Bertz CT molecular complexity index is 404.